The molecule has 1 aliphatic rings. The summed E-state index contributed by atoms with van der Waals surface area (Å²) in [5.41, 5.74) is 1.24. The molecule has 1 aromatic rings. The van der Waals surface area contributed by atoms with Crippen LogP contribution in [0.25, 0.3) is 0 Å². The molecule has 4 heteroatoms. The minimum Gasteiger partial charge on any atom is -0.325 e. The van der Waals surface area contributed by atoms with Crippen LogP contribution in [0.4, 0.5) is 5.69 Å². The van der Waals surface area contributed by atoms with Gasteiger partial charge in [0.1, 0.15) is 0 Å². The zero-order valence-electron chi connectivity index (χ0n) is 12.1. The number of carbonyl (C=O) groups excluding carboxylic acids is 1. The number of anilines is 1. The number of carbonyl (C=O) groups is 1. The lowest BCUT2D eigenvalue weighted by Crippen LogP contribution is -2.43. The lowest BCUT2D eigenvalue weighted by molar-refractivity contribution is -0.120. The second-order valence-corrected chi connectivity index (χ2v) is 5.39. The molecule has 106 valence electrons. The van der Waals surface area contributed by atoms with Crippen molar-refractivity contribution in [2.75, 3.05) is 18.4 Å². The molecule has 1 N–H and O–H groups in total. The Morgan fingerprint density at radius 2 is 2.30 bits per heavy atom. The molecule has 0 spiro atoms. The molecule has 1 amide bonds. The van der Waals surface area contributed by atoms with E-state index in [1.165, 1.54) is 12.8 Å². The van der Waals surface area contributed by atoms with Crippen molar-refractivity contribution < 1.29 is 4.79 Å². The summed E-state index contributed by atoms with van der Waals surface area (Å²) in [6, 6.07) is 8.94. The smallest absolute Gasteiger partial charge is 0.241 e. The molecule has 0 heterocycles. The molecule has 0 aliphatic heterocycles. The van der Waals surface area contributed by atoms with E-state index in [1.807, 2.05) is 13.0 Å². The van der Waals surface area contributed by atoms with Crippen LogP contribution in [0.3, 0.4) is 0 Å². The van der Waals surface area contributed by atoms with E-state index in [2.05, 4.69) is 23.2 Å². The second kappa shape index (κ2) is 6.53. The third-order valence-electron chi connectivity index (χ3n) is 3.78. The Kier molecular flexibility index (Phi) is 4.75. The predicted molar refractivity (Wildman–Crippen MR) is 79.2 cm³/mol. The highest BCUT2D eigenvalue weighted by Crippen LogP contribution is 2.30. The fourth-order valence-corrected chi connectivity index (χ4v) is 2.27. The van der Waals surface area contributed by atoms with E-state index in [0.717, 1.165) is 19.0 Å². The molecule has 0 saturated heterocycles. The van der Waals surface area contributed by atoms with Gasteiger partial charge in [-0.2, -0.15) is 5.26 Å². The Labute approximate surface area is 120 Å². The van der Waals surface area contributed by atoms with Crippen molar-refractivity contribution in [1.29, 1.82) is 5.26 Å². The third kappa shape index (κ3) is 3.82. The first-order valence-electron chi connectivity index (χ1n) is 7.19. The molecule has 1 saturated carbocycles. The highest BCUT2D eigenvalue weighted by atomic mass is 16.2. The summed E-state index contributed by atoms with van der Waals surface area (Å²) in [5, 5.41) is 11.8. The van der Waals surface area contributed by atoms with Crippen molar-refractivity contribution in [2.24, 2.45) is 5.92 Å². The number of nitrogens with zero attached hydrogens (tertiary/aromatic N) is 2. The number of nitriles is 1. The van der Waals surface area contributed by atoms with Crippen LogP contribution in [0.15, 0.2) is 24.3 Å². The Morgan fingerprint density at radius 3 is 2.90 bits per heavy atom. The summed E-state index contributed by atoms with van der Waals surface area (Å²) in [7, 11) is 0. The summed E-state index contributed by atoms with van der Waals surface area (Å²) in [4.78, 5) is 14.5. The van der Waals surface area contributed by atoms with Crippen molar-refractivity contribution in [3.05, 3.63) is 29.8 Å². The van der Waals surface area contributed by atoms with Crippen LogP contribution in [-0.4, -0.2) is 29.9 Å². The molecule has 4 nitrogen and oxygen atoms in total. The molecule has 0 bridgehead atoms. The lowest BCUT2D eigenvalue weighted by Gasteiger charge is -2.26. The maximum absolute atomic E-state index is 12.3. The average molecular weight is 271 g/mol. The quantitative estimate of drug-likeness (QED) is 0.865. The van der Waals surface area contributed by atoms with Crippen LogP contribution in [0, 0.1) is 17.2 Å². The largest absolute Gasteiger partial charge is 0.325 e. The van der Waals surface area contributed by atoms with E-state index in [4.69, 9.17) is 5.26 Å². The first kappa shape index (κ1) is 14.5. The Bertz CT molecular complexity index is 517. The minimum atomic E-state index is -0.147. The van der Waals surface area contributed by atoms with E-state index >= 15 is 0 Å². The fraction of sp³-hybridized carbons (Fsp3) is 0.500. The number of nitrogens with one attached hydrogen (secondary N) is 1. The van der Waals surface area contributed by atoms with Crippen molar-refractivity contribution in [3.8, 4) is 6.07 Å². The summed E-state index contributed by atoms with van der Waals surface area (Å²) in [5.74, 6) is 0.759. The molecule has 1 fully saturated rings. The van der Waals surface area contributed by atoms with Gasteiger partial charge in [0.15, 0.2) is 0 Å². The summed E-state index contributed by atoms with van der Waals surface area (Å²) >= 11 is 0. The molecule has 20 heavy (non-hydrogen) atoms. The fourth-order valence-electron chi connectivity index (χ4n) is 2.27. The number of rotatable bonds is 6. The molecule has 0 aromatic heterocycles. The molecular weight excluding hydrogens is 250 g/mol. The van der Waals surface area contributed by atoms with Crippen molar-refractivity contribution >= 4 is 11.6 Å². The SMILES string of the molecule is CCN(CC1CC1)C(C)C(=O)Nc1cccc(C#N)c1. The highest BCUT2D eigenvalue weighted by Gasteiger charge is 2.28. The van der Waals surface area contributed by atoms with Crippen LogP contribution in [0.2, 0.25) is 0 Å². The molecule has 2 rings (SSSR count). The van der Waals surface area contributed by atoms with Gasteiger partial charge in [0, 0.05) is 12.2 Å². The third-order valence-corrected chi connectivity index (χ3v) is 3.78. The van der Waals surface area contributed by atoms with Gasteiger partial charge in [0.25, 0.3) is 0 Å². The van der Waals surface area contributed by atoms with Gasteiger partial charge in [-0.05, 0) is 50.4 Å². The Morgan fingerprint density at radius 1 is 1.55 bits per heavy atom. The van der Waals surface area contributed by atoms with Crippen molar-refractivity contribution in [2.45, 2.75) is 32.7 Å². The molecule has 0 radical (unpaired) electrons. The number of hydrogen-bond acceptors (Lipinski definition) is 3. The summed E-state index contributed by atoms with van der Waals surface area (Å²) < 4.78 is 0. The van der Waals surface area contributed by atoms with Crippen LogP contribution in [0.1, 0.15) is 32.3 Å². The van der Waals surface area contributed by atoms with Gasteiger partial charge >= 0.3 is 0 Å². The van der Waals surface area contributed by atoms with Crippen LogP contribution in [-0.2, 0) is 4.79 Å². The van der Waals surface area contributed by atoms with Gasteiger partial charge in [-0.3, -0.25) is 9.69 Å². The lowest BCUT2D eigenvalue weighted by atomic mass is 10.2. The second-order valence-electron chi connectivity index (χ2n) is 5.39. The standard InChI is InChI=1S/C16H21N3O/c1-3-19(11-13-7-8-13)12(2)16(20)18-15-6-4-5-14(9-15)10-17/h4-6,9,12-13H,3,7-8,11H2,1-2H3,(H,18,20). The predicted octanol–water partition coefficient (Wildman–Crippen LogP) is 2.62. The molecular formula is C16H21N3O. The topological polar surface area (TPSA) is 56.1 Å². The maximum Gasteiger partial charge on any atom is 0.241 e. The van der Waals surface area contributed by atoms with Gasteiger partial charge in [-0.1, -0.05) is 13.0 Å². The van der Waals surface area contributed by atoms with E-state index in [9.17, 15) is 4.79 Å². The number of amides is 1. The molecule has 1 aromatic carbocycles. The van der Waals surface area contributed by atoms with Gasteiger partial charge in [-0.25, -0.2) is 0 Å². The molecule has 1 atom stereocenters. The van der Waals surface area contributed by atoms with Crippen LogP contribution >= 0.6 is 0 Å². The van der Waals surface area contributed by atoms with Gasteiger partial charge in [0.2, 0.25) is 5.91 Å². The van der Waals surface area contributed by atoms with Crippen LogP contribution in [0.5, 0.6) is 0 Å². The zero-order chi connectivity index (χ0) is 14.5. The summed E-state index contributed by atoms with van der Waals surface area (Å²) in [6.45, 7) is 5.91. The highest BCUT2D eigenvalue weighted by molar-refractivity contribution is 5.94. The maximum atomic E-state index is 12.3. The zero-order valence-corrected chi connectivity index (χ0v) is 12.1. The van der Waals surface area contributed by atoms with E-state index in [-0.39, 0.29) is 11.9 Å². The van der Waals surface area contributed by atoms with Gasteiger partial charge in [0.05, 0.1) is 17.7 Å². The Balaban J connectivity index is 1.96. The van der Waals surface area contributed by atoms with Crippen molar-refractivity contribution in [1.82, 2.24) is 4.90 Å². The summed E-state index contributed by atoms with van der Waals surface area (Å²) in [6.07, 6.45) is 2.57. The molecule has 1 aliphatic carbocycles. The van der Waals surface area contributed by atoms with E-state index in [1.54, 1.807) is 18.2 Å². The number of likely N-dealkylation sites (N-methyl/N-ethyl adjacent to an activating group) is 1. The minimum absolute atomic E-state index is 0.0115. The molecule has 1 unspecified atom stereocenters. The normalized spacial score (nSPS) is 15.7. The number of hydrogen-bond donors (Lipinski definition) is 1. The monoisotopic (exact) mass is 271 g/mol. The first-order valence-corrected chi connectivity index (χ1v) is 7.19. The van der Waals surface area contributed by atoms with Crippen molar-refractivity contribution in [3.63, 3.8) is 0 Å². The number of benzene rings is 1. The Hall–Kier alpha value is -1.86. The van der Waals surface area contributed by atoms with E-state index < -0.39 is 0 Å². The van der Waals surface area contributed by atoms with Crippen LogP contribution < -0.4 is 5.32 Å². The van der Waals surface area contributed by atoms with Gasteiger partial charge in [-0.15, -0.1) is 0 Å². The van der Waals surface area contributed by atoms with E-state index in [0.29, 0.717) is 11.3 Å². The van der Waals surface area contributed by atoms with Gasteiger partial charge < -0.3 is 5.32 Å². The first-order chi connectivity index (χ1) is 9.63. The average Bonchev–Trinajstić information content (AvgIpc) is 3.28.